The SMILES string of the molecule is Cc1c(F)cccc1-c1ccc(C(=O)N(C)CC2CCNC2)nn1. The Morgan fingerprint density at radius 1 is 1.33 bits per heavy atom. The van der Waals surface area contributed by atoms with Crippen LogP contribution in [0.2, 0.25) is 0 Å². The summed E-state index contributed by atoms with van der Waals surface area (Å²) < 4.78 is 13.7. The lowest BCUT2D eigenvalue weighted by Gasteiger charge is -2.20. The quantitative estimate of drug-likeness (QED) is 0.935. The Bertz CT molecular complexity index is 726. The third-order valence-electron chi connectivity index (χ3n) is 4.47. The molecule has 1 aromatic carbocycles. The molecule has 0 radical (unpaired) electrons. The van der Waals surface area contributed by atoms with Crippen LogP contribution in [0.15, 0.2) is 30.3 Å². The Morgan fingerprint density at radius 2 is 2.17 bits per heavy atom. The third kappa shape index (κ3) is 3.43. The van der Waals surface area contributed by atoms with Gasteiger partial charge in [-0.05, 0) is 56.1 Å². The topological polar surface area (TPSA) is 58.1 Å². The fourth-order valence-corrected chi connectivity index (χ4v) is 3.01. The summed E-state index contributed by atoms with van der Waals surface area (Å²) in [6.07, 6.45) is 1.08. The number of rotatable bonds is 4. The first-order valence-corrected chi connectivity index (χ1v) is 8.11. The Balaban J connectivity index is 1.73. The summed E-state index contributed by atoms with van der Waals surface area (Å²) in [5.74, 6) is 0.0670. The van der Waals surface area contributed by atoms with Crippen LogP contribution in [0.5, 0.6) is 0 Å². The monoisotopic (exact) mass is 328 g/mol. The standard InChI is InChI=1S/C18H21FN4O/c1-12-14(4-3-5-15(12)19)16-6-7-17(22-21-16)18(24)23(2)11-13-8-9-20-10-13/h3-7,13,20H,8-11H2,1-2H3. The number of benzene rings is 1. The molecule has 2 aromatic rings. The largest absolute Gasteiger partial charge is 0.340 e. The van der Waals surface area contributed by atoms with Crippen LogP contribution in [0.3, 0.4) is 0 Å². The highest BCUT2D eigenvalue weighted by Crippen LogP contribution is 2.23. The maximum absolute atomic E-state index is 13.7. The Morgan fingerprint density at radius 3 is 2.83 bits per heavy atom. The molecule has 1 aromatic heterocycles. The van der Waals surface area contributed by atoms with Crippen molar-refractivity contribution < 1.29 is 9.18 Å². The second kappa shape index (κ2) is 7.05. The average Bonchev–Trinajstić information content (AvgIpc) is 3.10. The zero-order valence-electron chi connectivity index (χ0n) is 13.9. The van der Waals surface area contributed by atoms with Gasteiger partial charge in [-0.2, -0.15) is 0 Å². The fraction of sp³-hybridized carbons (Fsp3) is 0.389. The number of carbonyl (C=O) groups is 1. The van der Waals surface area contributed by atoms with E-state index in [4.69, 9.17) is 0 Å². The summed E-state index contributed by atoms with van der Waals surface area (Å²) >= 11 is 0. The molecule has 24 heavy (non-hydrogen) atoms. The van der Waals surface area contributed by atoms with Gasteiger partial charge in [-0.1, -0.05) is 12.1 Å². The van der Waals surface area contributed by atoms with Gasteiger partial charge in [0.2, 0.25) is 0 Å². The maximum atomic E-state index is 13.7. The summed E-state index contributed by atoms with van der Waals surface area (Å²) in [6, 6.07) is 8.22. The number of hydrogen-bond acceptors (Lipinski definition) is 4. The molecule has 0 aliphatic carbocycles. The summed E-state index contributed by atoms with van der Waals surface area (Å²) in [4.78, 5) is 14.1. The van der Waals surface area contributed by atoms with E-state index in [1.165, 1.54) is 6.07 Å². The molecule has 2 heterocycles. The van der Waals surface area contributed by atoms with Crippen molar-refractivity contribution in [3.63, 3.8) is 0 Å². The van der Waals surface area contributed by atoms with Crippen molar-refractivity contribution in [2.45, 2.75) is 13.3 Å². The molecule has 1 unspecified atom stereocenters. The predicted octanol–water partition coefficient (Wildman–Crippen LogP) is 2.27. The van der Waals surface area contributed by atoms with Crippen molar-refractivity contribution in [1.82, 2.24) is 20.4 Å². The molecular weight excluding hydrogens is 307 g/mol. The molecule has 0 spiro atoms. The first-order chi connectivity index (χ1) is 11.6. The van der Waals surface area contributed by atoms with E-state index in [2.05, 4.69) is 15.5 Å². The summed E-state index contributed by atoms with van der Waals surface area (Å²) in [6.45, 7) is 4.36. The van der Waals surface area contributed by atoms with Gasteiger partial charge in [0, 0.05) is 19.2 Å². The minimum atomic E-state index is -0.278. The lowest BCUT2D eigenvalue weighted by atomic mass is 10.0. The normalized spacial score (nSPS) is 17.0. The highest BCUT2D eigenvalue weighted by molar-refractivity contribution is 5.92. The van der Waals surface area contributed by atoms with Gasteiger partial charge in [0.05, 0.1) is 5.69 Å². The van der Waals surface area contributed by atoms with Crippen molar-refractivity contribution in [1.29, 1.82) is 0 Å². The molecule has 0 bridgehead atoms. The molecule has 1 atom stereocenters. The second-order valence-corrected chi connectivity index (χ2v) is 6.26. The Hall–Kier alpha value is -2.34. The van der Waals surface area contributed by atoms with Gasteiger partial charge in [-0.3, -0.25) is 4.79 Å². The van der Waals surface area contributed by atoms with Crippen LogP contribution in [-0.4, -0.2) is 47.7 Å². The molecular formula is C18H21FN4O. The summed E-state index contributed by atoms with van der Waals surface area (Å²) in [5.41, 5.74) is 2.08. The van der Waals surface area contributed by atoms with E-state index in [1.807, 2.05) is 0 Å². The molecule has 1 saturated heterocycles. The van der Waals surface area contributed by atoms with Crippen molar-refractivity contribution in [3.05, 3.63) is 47.4 Å². The molecule has 1 aliphatic rings. The molecule has 3 rings (SSSR count). The van der Waals surface area contributed by atoms with Gasteiger partial charge in [0.15, 0.2) is 5.69 Å². The van der Waals surface area contributed by atoms with Crippen molar-refractivity contribution in [2.24, 2.45) is 5.92 Å². The summed E-state index contributed by atoms with van der Waals surface area (Å²) in [7, 11) is 1.78. The van der Waals surface area contributed by atoms with Gasteiger partial charge in [0.1, 0.15) is 5.82 Å². The first kappa shape index (κ1) is 16.5. The molecule has 1 aliphatic heterocycles. The number of aromatic nitrogens is 2. The minimum absolute atomic E-state index is 0.142. The van der Waals surface area contributed by atoms with Crippen molar-refractivity contribution in [3.8, 4) is 11.3 Å². The highest BCUT2D eigenvalue weighted by Gasteiger charge is 2.21. The molecule has 126 valence electrons. The number of nitrogens with one attached hydrogen (secondary N) is 1. The Kier molecular flexibility index (Phi) is 4.85. The zero-order chi connectivity index (χ0) is 17.1. The molecule has 0 saturated carbocycles. The Labute approximate surface area is 140 Å². The van der Waals surface area contributed by atoms with E-state index >= 15 is 0 Å². The van der Waals surface area contributed by atoms with Gasteiger partial charge in [-0.25, -0.2) is 4.39 Å². The van der Waals surface area contributed by atoms with E-state index in [9.17, 15) is 9.18 Å². The predicted molar refractivity (Wildman–Crippen MR) is 90.1 cm³/mol. The van der Waals surface area contributed by atoms with Crippen LogP contribution in [0.4, 0.5) is 4.39 Å². The highest BCUT2D eigenvalue weighted by atomic mass is 19.1. The van der Waals surface area contributed by atoms with Crippen LogP contribution in [0.1, 0.15) is 22.5 Å². The van der Waals surface area contributed by atoms with Crippen LogP contribution in [-0.2, 0) is 0 Å². The van der Waals surface area contributed by atoms with E-state index in [0.717, 1.165) is 19.5 Å². The van der Waals surface area contributed by atoms with Gasteiger partial charge < -0.3 is 10.2 Å². The smallest absolute Gasteiger partial charge is 0.274 e. The second-order valence-electron chi connectivity index (χ2n) is 6.26. The first-order valence-electron chi connectivity index (χ1n) is 8.11. The number of carbonyl (C=O) groups excluding carboxylic acids is 1. The van der Waals surface area contributed by atoms with Crippen LogP contribution in [0, 0.1) is 18.7 Å². The fourth-order valence-electron chi connectivity index (χ4n) is 3.01. The zero-order valence-corrected chi connectivity index (χ0v) is 13.9. The van der Waals surface area contributed by atoms with Crippen LogP contribution < -0.4 is 5.32 Å². The van der Waals surface area contributed by atoms with E-state index in [-0.39, 0.29) is 11.7 Å². The maximum Gasteiger partial charge on any atom is 0.274 e. The molecule has 1 N–H and O–H groups in total. The van der Waals surface area contributed by atoms with Gasteiger partial charge in [0.25, 0.3) is 5.91 Å². The number of amides is 1. The van der Waals surface area contributed by atoms with E-state index in [1.54, 1.807) is 43.1 Å². The lowest BCUT2D eigenvalue weighted by Crippen LogP contribution is -2.33. The number of halogens is 1. The van der Waals surface area contributed by atoms with Crippen molar-refractivity contribution in [2.75, 3.05) is 26.7 Å². The molecule has 1 fully saturated rings. The molecule has 5 nitrogen and oxygen atoms in total. The molecule has 1 amide bonds. The summed E-state index contributed by atoms with van der Waals surface area (Å²) in [5, 5.41) is 11.4. The number of hydrogen-bond donors (Lipinski definition) is 1. The number of nitrogens with zero attached hydrogens (tertiary/aromatic N) is 3. The van der Waals surface area contributed by atoms with Crippen LogP contribution in [0.25, 0.3) is 11.3 Å². The lowest BCUT2D eigenvalue weighted by molar-refractivity contribution is 0.0769. The van der Waals surface area contributed by atoms with Gasteiger partial charge >= 0.3 is 0 Å². The van der Waals surface area contributed by atoms with Crippen molar-refractivity contribution >= 4 is 5.91 Å². The van der Waals surface area contributed by atoms with E-state index < -0.39 is 0 Å². The van der Waals surface area contributed by atoms with Crippen LogP contribution >= 0.6 is 0 Å². The third-order valence-corrected chi connectivity index (χ3v) is 4.47. The van der Waals surface area contributed by atoms with Gasteiger partial charge in [-0.15, -0.1) is 10.2 Å². The van der Waals surface area contributed by atoms with E-state index in [0.29, 0.717) is 35.0 Å². The minimum Gasteiger partial charge on any atom is -0.340 e. The average molecular weight is 328 g/mol. The molecule has 6 heteroatoms.